The summed E-state index contributed by atoms with van der Waals surface area (Å²) in [7, 11) is 3.89. The second-order valence-electron chi connectivity index (χ2n) is 2.60. The second-order valence-corrected chi connectivity index (χ2v) is 2.60. The molecule has 0 spiro atoms. The number of aliphatic carboxylic acids is 2. The molecule has 0 aliphatic carbocycles. The fourth-order valence-electron chi connectivity index (χ4n) is 0.372. The van der Waals surface area contributed by atoms with Crippen LogP contribution >= 0.6 is 0 Å². The van der Waals surface area contributed by atoms with Crippen LogP contribution in [0.25, 0.3) is 0 Å². The van der Waals surface area contributed by atoms with E-state index in [1.807, 2.05) is 24.7 Å². The topological polar surface area (TPSA) is 113 Å². The molecule has 0 aromatic rings. The summed E-state index contributed by atoms with van der Waals surface area (Å²) >= 11 is 0. The summed E-state index contributed by atoms with van der Waals surface area (Å²) in [6.07, 6.45) is 10.5. The summed E-state index contributed by atoms with van der Waals surface area (Å²) in [6.45, 7) is 1.58. The summed E-state index contributed by atoms with van der Waals surface area (Å²) in [5.41, 5.74) is 0. The van der Waals surface area contributed by atoms with Gasteiger partial charge in [0.05, 0.1) is 26.0 Å². The Kier molecular flexibility index (Phi) is 23.6. The molecule has 6 heteroatoms. The SMILES string of the molecule is C#CC[NH2+]C.C#CC[NH2+]C.O=C([O-])C=CC(=O)[O-]. The number of rotatable bonds is 4. The van der Waals surface area contributed by atoms with Crippen LogP contribution in [0, 0.1) is 24.7 Å². The number of terminal acetylenes is 2. The Morgan fingerprint density at radius 3 is 1.33 bits per heavy atom. The lowest BCUT2D eigenvalue weighted by Crippen LogP contribution is -2.79. The summed E-state index contributed by atoms with van der Waals surface area (Å²) in [5.74, 6) is 1.83. The van der Waals surface area contributed by atoms with Crippen molar-refractivity contribution in [3.05, 3.63) is 12.2 Å². The zero-order chi connectivity index (χ0) is 14.8. The summed E-state index contributed by atoms with van der Waals surface area (Å²) < 4.78 is 0. The molecule has 0 aliphatic rings. The van der Waals surface area contributed by atoms with Crippen molar-refractivity contribution in [2.45, 2.75) is 0 Å². The molecule has 0 amide bonds. The van der Waals surface area contributed by atoms with Gasteiger partial charge in [-0.15, -0.1) is 12.8 Å². The molecule has 0 bridgehead atoms. The van der Waals surface area contributed by atoms with Crippen LogP contribution in [0.3, 0.4) is 0 Å². The maximum atomic E-state index is 9.41. The maximum Gasteiger partial charge on any atom is 0.137 e. The number of carboxylic acid groups (broad SMARTS) is 2. The van der Waals surface area contributed by atoms with E-state index in [2.05, 4.69) is 11.8 Å². The molecule has 4 N–H and O–H groups in total. The van der Waals surface area contributed by atoms with Crippen molar-refractivity contribution in [3.63, 3.8) is 0 Å². The number of hydrogen-bond acceptors (Lipinski definition) is 4. The van der Waals surface area contributed by atoms with Crippen LogP contribution in [0.2, 0.25) is 0 Å². The molecular weight excluding hydrogens is 236 g/mol. The molecule has 100 valence electrons. The van der Waals surface area contributed by atoms with Gasteiger partial charge in [-0.2, -0.15) is 0 Å². The molecule has 0 atom stereocenters. The van der Waals surface area contributed by atoms with Crippen LogP contribution in [0.1, 0.15) is 0 Å². The van der Waals surface area contributed by atoms with E-state index in [4.69, 9.17) is 12.8 Å². The zero-order valence-electron chi connectivity index (χ0n) is 10.5. The Hall–Kier alpha value is -2.28. The quantitative estimate of drug-likeness (QED) is 0.385. The van der Waals surface area contributed by atoms with Crippen molar-refractivity contribution < 1.29 is 30.4 Å². The van der Waals surface area contributed by atoms with Crippen molar-refractivity contribution >= 4 is 11.9 Å². The lowest BCUT2D eigenvalue weighted by molar-refractivity contribution is -0.615. The number of carboxylic acids is 2. The second kappa shape index (κ2) is 20.2. The first-order valence-corrected chi connectivity index (χ1v) is 4.98. The van der Waals surface area contributed by atoms with E-state index in [1.165, 1.54) is 0 Å². The molecule has 0 aromatic heterocycles. The molecule has 0 aromatic carbocycles. The predicted octanol–water partition coefficient (Wildman–Crippen LogP) is -5.33. The number of carbonyl (C=O) groups excluding carboxylic acids is 2. The van der Waals surface area contributed by atoms with Gasteiger partial charge in [0.25, 0.3) is 0 Å². The minimum absolute atomic E-state index is 0.384. The van der Waals surface area contributed by atoms with Gasteiger partial charge in [0.15, 0.2) is 0 Å². The van der Waals surface area contributed by atoms with E-state index < -0.39 is 11.9 Å². The Labute approximate surface area is 107 Å². The standard InChI is InChI=1S/2C4H7N.C4H4O4/c2*1-3-4-5-2;5-3(6)1-2-4(7)8/h2*1,5H,4H2,2H3;1-2H,(H,5,6)(H,7,8). The zero-order valence-corrected chi connectivity index (χ0v) is 10.5. The lowest BCUT2D eigenvalue weighted by Gasteiger charge is -1.90. The summed E-state index contributed by atoms with van der Waals surface area (Å²) in [4.78, 5) is 18.8. The van der Waals surface area contributed by atoms with Gasteiger partial charge >= 0.3 is 0 Å². The number of nitrogens with two attached hydrogens (primary N) is 2. The van der Waals surface area contributed by atoms with E-state index in [9.17, 15) is 19.8 Å². The highest BCUT2D eigenvalue weighted by atomic mass is 16.4. The molecular formula is C12H18N2O4. The Morgan fingerprint density at radius 1 is 1.00 bits per heavy atom. The number of hydrogen-bond donors (Lipinski definition) is 2. The van der Waals surface area contributed by atoms with Gasteiger partial charge in [-0.25, -0.2) is 0 Å². The van der Waals surface area contributed by atoms with Crippen molar-refractivity contribution in [3.8, 4) is 24.7 Å². The van der Waals surface area contributed by atoms with Gasteiger partial charge in [0.1, 0.15) is 13.1 Å². The fraction of sp³-hybridized carbons (Fsp3) is 0.333. The Morgan fingerprint density at radius 2 is 1.28 bits per heavy atom. The van der Waals surface area contributed by atoms with Crippen LogP contribution in [-0.2, 0) is 9.59 Å². The average Bonchev–Trinajstić information content (AvgIpc) is 2.30. The minimum Gasteiger partial charge on any atom is -0.545 e. The van der Waals surface area contributed by atoms with Gasteiger partial charge < -0.3 is 30.4 Å². The monoisotopic (exact) mass is 254 g/mol. The minimum atomic E-state index is -1.55. The third-order valence-electron chi connectivity index (χ3n) is 0.999. The van der Waals surface area contributed by atoms with Gasteiger partial charge in [-0.1, -0.05) is 0 Å². The third-order valence-corrected chi connectivity index (χ3v) is 0.999. The van der Waals surface area contributed by atoms with E-state index >= 15 is 0 Å². The first-order chi connectivity index (χ1) is 8.45. The largest absolute Gasteiger partial charge is 0.545 e. The average molecular weight is 254 g/mol. The Bertz CT molecular complexity index is 292. The van der Waals surface area contributed by atoms with Crippen molar-refractivity contribution in [1.82, 2.24) is 0 Å². The highest BCUT2D eigenvalue weighted by molar-refractivity contribution is 5.87. The van der Waals surface area contributed by atoms with Crippen molar-refractivity contribution in [1.29, 1.82) is 0 Å². The van der Waals surface area contributed by atoms with E-state index in [0.717, 1.165) is 13.1 Å². The van der Waals surface area contributed by atoms with E-state index in [0.29, 0.717) is 12.2 Å². The molecule has 0 fully saturated rings. The van der Waals surface area contributed by atoms with Crippen LogP contribution in [-0.4, -0.2) is 39.1 Å². The molecule has 0 saturated carbocycles. The van der Waals surface area contributed by atoms with Gasteiger partial charge in [0.2, 0.25) is 0 Å². The smallest absolute Gasteiger partial charge is 0.137 e. The predicted molar refractivity (Wildman–Crippen MR) is 62.3 cm³/mol. The highest BCUT2D eigenvalue weighted by Gasteiger charge is 1.71. The Balaban J connectivity index is -0.000000197. The molecule has 0 rings (SSSR count). The third kappa shape index (κ3) is 49.2. The van der Waals surface area contributed by atoms with Crippen LogP contribution in [0.4, 0.5) is 0 Å². The molecule has 6 nitrogen and oxygen atoms in total. The fourth-order valence-corrected chi connectivity index (χ4v) is 0.372. The van der Waals surface area contributed by atoms with Gasteiger partial charge in [0, 0.05) is 0 Å². The molecule has 0 radical (unpaired) electrons. The molecule has 0 aliphatic heterocycles. The van der Waals surface area contributed by atoms with Crippen LogP contribution in [0.5, 0.6) is 0 Å². The number of quaternary nitrogens is 2. The highest BCUT2D eigenvalue weighted by Crippen LogP contribution is 1.64. The van der Waals surface area contributed by atoms with Crippen molar-refractivity contribution in [2.24, 2.45) is 0 Å². The van der Waals surface area contributed by atoms with Crippen molar-refractivity contribution in [2.75, 3.05) is 27.2 Å². The van der Waals surface area contributed by atoms with Gasteiger partial charge in [-0.3, -0.25) is 0 Å². The normalized spacial score (nSPS) is 7.78. The van der Waals surface area contributed by atoms with Crippen LogP contribution in [0.15, 0.2) is 12.2 Å². The van der Waals surface area contributed by atoms with Crippen LogP contribution < -0.4 is 20.8 Å². The molecule has 0 heterocycles. The molecule has 0 saturated heterocycles. The first kappa shape index (κ1) is 21.1. The number of carbonyl (C=O) groups is 2. The molecule has 18 heavy (non-hydrogen) atoms. The maximum absolute atomic E-state index is 9.41. The van der Waals surface area contributed by atoms with E-state index in [-0.39, 0.29) is 0 Å². The first-order valence-electron chi connectivity index (χ1n) is 4.98. The van der Waals surface area contributed by atoms with Gasteiger partial charge in [-0.05, 0) is 24.0 Å². The summed E-state index contributed by atoms with van der Waals surface area (Å²) in [5, 5.41) is 22.7. The summed E-state index contributed by atoms with van der Waals surface area (Å²) in [6, 6.07) is 0. The molecule has 0 unspecified atom stereocenters. The van der Waals surface area contributed by atoms with E-state index in [1.54, 1.807) is 0 Å². The lowest BCUT2D eigenvalue weighted by atomic mass is 10.5.